The third kappa shape index (κ3) is 8.30. The summed E-state index contributed by atoms with van der Waals surface area (Å²) in [7, 11) is 4.20. The maximum atomic E-state index is 11.9. The minimum absolute atomic E-state index is 0.228. The fourth-order valence-electron chi connectivity index (χ4n) is 4.30. The lowest BCUT2D eigenvalue weighted by Crippen LogP contribution is -2.47. The number of methoxy groups -OCH3 is 3. The van der Waals surface area contributed by atoms with Crippen molar-refractivity contribution in [1.82, 2.24) is 0 Å². The summed E-state index contributed by atoms with van der Waals surface area (Å²) in [5.41, 5.74) is 0. The topological polar surface area (TPSA) is 181 Å². The molecular weight excluding hydrogens is 516 g/mol. The van der Waals surface area contributed by atoms with Crippen molar-refractivity contribution in [3.05, 3.63) is 0 Å². The van der Waals surface area contributed by atoms with Crippen LogP contribution in [0.1, 0.15) is 27.7 Å². The third-order valence-corrected chi connectivity index (χ3v) is 5.81. The van der Waals surface area contributed by atoms with Gasteiger partial charge in [0.15, 0.2) is 30.9 Å². The molecule has 2 rings (SSSR count). The Bertz CT molecular complexity index is 819. The molecule has 2 unspecified atom stereocenters. The van der Waals surface area contributed by atoms with Crippen LogP contribution in [0.2, 0.25) is 0 Å². The van der Waals surface area contributed by atoms with Gasteiger partial charge in [-0.25, -0.2) is 0 Å². The number of rotatable bonds is 13. The molecule has 0 aromatic carbocycles. The van der Waals surface area contributed by atoms with E-state index in [9.17, 15) is 24.3 Å². The second kappa shape index (κ2) is 14.7. The molecule has 2 saturated heterocycles. The van der Waals surface area contributed by atoms with E-state index in [1.807, 2.05) is 0 Å². The van der Waals surface area contributed by atoms with Crippen molar-refractivity contribution in [3.63, 3.8) is 0 Å². The first-order chi connectivity index (χ1) is 17.9. The van der Waals surface area contributed by atoms with Crippen LogP contribution in [0, 0.1) is 0 Å². The van der Waals surface area contributed by atoms with Gasteiger partial charge in [-0.05, 0) is 0 Å². The molecule has 0 saturated carbocycles. The summed E-state index contributed by atoms with van der Waals surface area (Å²) in [6, 6.07) is 0. The minimum Gasteiger partial charge on any atom is -0.462 e. The molecule has 15 heteroatoms. The summed E-state index contributed by atoms with van der Waals surface area (Å²) in [5, 5.41) is 10.2. The quantitative estimate of drug-likeness (QED) is 0.213. The van der Waals surface area contributed by atoms with Crippen LogP contribution < -0.4 is 0 Å². The van der Waals surface area contributed by atoms with Crippen LogP contribution >= 0.6 is 0 Å². The Morgan fingerprint density at radius 1 is 0.711 bits per heavy atom. The fourth-order valence-corrected chi connectivity index (χ4v) is 4.30. The van der Waals surface area contributed by atoms with Gasteiger partial charge in [0, 0.05) is 49.0 Å². The van der Waals surface area contributed by atoms with Gasteiger partial charge >= 0.3 is 23.9 Å². The third-order valence-electron chi connectivity index (χ3n) is 5.81. The fraction of sp³-hybridized carbons (Fsp3) is 0.826. The number of aliphatic hydroxyl groups is 1. The Labute approximate surface area is 219 Å². The van der Waals surface area contributed by atoms with E-state index in [1.165, 1.54) is 21.3 Å². The SMILES string of the molecule is COC(CO[C@@H]1O[C@@H](C(COC(C)=O)OC(C)=O)[C@H](OC(C)=O)[C@H]1OC(C)=O)[C@@H]1O[C@@H](O)[C@H](OC)[C@H]1OC. The predicted molar refractivity (Wildman–Crippen MR) is 121 cm³/mol. The van der Waals surface area contributed by atoms with E-state index in [1.54, 1.807) is 0 Å². The molecule has 0 aromatic rings. The highest BCUT2D eigenvalue weighted by molar-refractivity contribution is 5.68. The summed E-state index contributed by atoms with van der Waals surface area (Å²) in [4.78, 5) is 46.9. The smallest absolute Gasteiger partial charge is 0.303 e. The van der Waals surface area contributed by atoms with Crippen LogP contribution in [-0.4, -0.2) is 125 Å². The van der Waals surface area contributed by atoms with Gasteiger partial charge in [-0.1, -0.05) is 0 Å². The van der Waals surface area contributed by atoms with Crippen molar-refractivity contribution in [3.8, 4) is 0 Å². The van der Waals surface area contributed by atoms with Crippen molar-refractivity contribution in [2.45, 2.75) is 89.1 Å². The first kappa shape index (κ1) is 31.8. The molecule has 38 heavy (non-hydrogen) atoms. The van der Waals surface area contributed by atoms with Crippen molar-refractivity contribution < 1.29 is 71.7 Å². The Balaban J connectivity index is 2.30. The lowest BCUT2D eigenvalue weighted by Gasteiger charge is -2.28. The van der Waals surface area contributed by atoms with E-state index in [0.29, 0.717) is 0 Å². The minimum atomic E-state index is -1.34. The van der Waals surface area contributed by atoms with Crippen molar-refractivity contribution in [2.24, 2.45) is 0 Å². The molecule has 2 heterocycles. The summed E-state index contributed by atoms with van der Waals surface area (Å²) in [5.74, 6) is -2.86. The zero-order valence-corrected chi connectivity index (χ0v) is 22.4. The zero-order chi connectivity index (χ0) is 28.6. The van der Waals surface area contributed by atoms with Crippen LogP contribution in [0.5, 0.6) is 0 Å². The van der Waals surface area contributed by atoms with E-state index >= 15 is 0 Å². The number of carbonyl (C=O) groups excluding carboxylic acids is 4. The number of ether oxygens (including phenoxy) is 10. The Morgan fingerprint density at radius 3 is 1.79 bits per heavy atom. The molecule has 2 aliphatic heterocycles. The summed E-state index contributed by atoms with van der Waals surface area (Å²) in [6.07, 6.45) is -10.8. The highest BCUT2D eigenvalue weighted by atomic mass is 16.7. The molecule has 10 atom stereocenters. The van der Waals surface area contributed by atoms with Crippen molar-refractivity contribution in [2.75, 3.05) is 34.5 Å². The molecule has 0 aliphatic carbocycles. The van der Waals surface area contributed by atoms with E-state index in [4.69, 9.17) is 47.4 Å². The Kier molecular flexibility index (Phi) is 12.3. The average Bonchev–Trinajstić information content (AvgIpc) is 3.32. The van der Waals surface area contributed by atoms with Gasteiger partial charge in [-0.3, -0.25) is 19.2 Å². The van der Waals surface area contributed by atoms with Crippen molar-refractivity contribution in [1.29, 1.82) is 0 Å². The summed E-state index contributed by atoms with van der Waals surface area (Å²) in [6.45, 7) is 3.90. The first-order valence-corrected chi connectivity index (χ1v) is 11.8. The van der Waals surface area contributed by atoms with E-state index < -0.39 is 91.9 Å². The first-order valence-electron chi connectivity index (χ1n) is 11.8. The number of carbonyl (C=O) groups is 4. The van der Waals surface area contributed by atoms with E-state index in [-0.39, 0.29) is 6.61 Å². The number of aliphatic hydroxyl groups excluding tert-OH is 1. The average molecular weight is 553 g/mol. The monoisotopic (exact) mass is 552 g/mol. The Hall–Kier alpha value is -2.40. The van der Waals surface area contributed by atoms with Crippen LogP contribution in [0.25, 0.3) is 0 Å². The second-order valence-electron chi connectivity index (χ2n) is 8.57. The number of hydrogen-bond acceptors (Lipinski definition) is 15. The van der Waals surface area contributed by atoms with Gasteiger partial charge in [0.1, 0.15) is 37.1 Å². The van der Waals surface area contributed by atoms with Gasteiger partial charge in [-0.15, -0.1) is 0 Å². The normalized spacial score (nSPS) is 32.3. The van der Waals surface area contributed by atoms with Gasteiger partial charge < -0.3 is 52.5 Å². The molecule has 2 aliphatic rings. The Morgan fingerprint density at radius 2 is 1.29 bits per heavy atom. The number of esters is 4. The van der Waals surface area contributed by atoms with Gasteiger partial charge in [0.05, 0.1) is 6.61 Å². The number of hydrogen-bond donors (Lipinski definition) is 1. The van der Waals surface area contributed by atoms with Crippen LogP contribution in [0.15, 0.2) is 0 Å². The van der Waals surface area contributed by atoms with E-state index in [2.05, 4.69) is 0 Å². The van der Waals surface area contributed by atoms with Crippen molar-refractivity contribution >= 4 is 23.9 Å². The summed E-state index contributed by atoms with van der Waals surface area (Å²) >= 11 is 0. The molecule has 1 N–H and O–H groups in total. The van der Waals surface area contributed by atoms with Crippen LogP contribution in [0.3, 0.4) is 0 Å². The lowest BCUT2D eigenvalue weighted by atomic mass is 10.0. The van der Waals surface area contributed by atoms with Crippen LogP contribution in [-0.2, 0) is 66.5 Å². The summed E-state index contributed by atoms with van der Waals surface area (Å²) < 4.78 is 54.5. The highest BCUT2D eigenvalue weighted by Crippen LogP contribution is 2.33. The van der Waals surface area contributed by atoms with Gasteiger partial charge in [0.2, 0.25) is 0 Å². The molecule has 0 aromatic heterocycles. The van der Waals surface area contributed by atoms with Crippen LogP contribution in [0.4, 0.5) is 0 Å². The standard InChI is InChI=1S/C23H36O15/c1-10(24)32-9-15(34-11(2)25)17-19(35-12(3)26)21(36-13(4)27)23(38-17)33-8-14(29-5)16-18(30-6)20(31-7)22(28)37-16/h14-23,28H,8-9H2,1-7H3/t14?,15?,16-,17-,18-,19-,20+,21+,22+,23+/m0/s1. The largest absolute Gasteiger partial charge is 0.462 e. The van der Waals surface area contributed by atoms with Gasteiger partial charge in [-0.2, -0.15) is 0 Å². The lowest BCUT2D eigenvalue weighted by molar-refractivity contribution is -0.218. The molecule has 0 radical (unpaired) electrons. The maximum absolute atomic E-state index is 11.9. The molecule has 0 spiro atoms. The molecule has 15 nitrogen and oxygen atoms in total. The van der Waals surface area contributed by atoms with Gasteiger partial charge in [0.25, 0.3) is 0 Å². The maximum Gasteiger partial charge on any atom is 0.303 e. The second-order valence-corrected chi connectivity index (χ2v) is 8.57. The predicted octanol–water partition coefficient (Wildman–Crippen LogP) is -1.15. The molecular formula is C23H36O15. The molecule has 0 amide bonds. The van der Waals surface area contributed by atoms with E-state index in [0.717, 1.165) is 27.7 Å². The molecule has 2 fully saturated rings. The molecule has 0 bridgehead atoms. The molecule has 218 valence electrons. The highest BCUT2D eigenvalue weighted by Gasteiger charge is 2.55. The zero-order valence-electron chi connectivity index (χ0n) is 22.4.